The smallest absolute Gasteiger partial charge is 0.255 e. The van der Waals surface area contributed by atoms with Gasteiger partial charge in [-0.05, 0) is 31.9 Å². The van der Waals surface area contributed by atoms with E-state index in [2.05, 4.69) is 15.4 Å². The third-order valence-corrected chi connectivity index (χ3v) is 4.40. The minimum absolute atomic E-state index is 0.0779. The first-order valence-electron chi connectivity index (χ1n) is 8.03. The van der Waals surface area contributed by atoms with Crippen LogP contribution in [0.1, 0.15) is 42.5 Å². The number of aromatic nitrogens is 2. The molecule has 1 aromatic carbocycles. The first-order chi connectivity index (χ1) is 11.5. The molecule has 128 valence electrons. The maximum absolute atomic E-state index is 14.1. The molecule has 2 aromatic rings. The van der Waals surface area contributed by atoms with Crippen LogP contribution >= 0.6 is 0 Å². The van der Waals surface area contributed by atoms with Crippen LogP contribution < -0.4 is 11.0 Å². The molecule has 0 aliphatic carbocycles. The summed E-state index contributed by atoms with van der Waals surface area (Å²) in [5.41, 5.74) is 3.40. The van der Waals surface area contributed by atoms with E-state index in [9.17, 15) is 13.6 Å². The lowest BCUT2D eigenvalue weighted by Crippen LogP contribution is -2.30. The highest BCUT2D eigenvalue weighted by Crippen LogP contribution is 2.28. The number of nitrogens with one attached hydrogen (secondary N) is 2. The van der Waals surface area contributed by atoms with Gasteiger partial charge < -0.3 is 0 Å². The lowest BCUT2D eigenvalue weighted by atomic mass is 9.94. The Bertz CT molecular complexity index is 779. The zero-order chi connectivity index (χ0) is 17.3. The molecule has 2 heterocycles. The Hall–Kier alpha value is -2.28. The normalized spacial score (nSPS) is 16.3. The third-order valence-electron chi connectivity index (χ3n) is 4.40. The number of H-pyrrole nitrogens is 1. The van der Waals surface area contributed by atoms with Crippen LogP contribution in [-0.2, 0) is 0 Å². The summed E-state index contributed by atoms with van der Waals surface area (Å²) < 4.78 is 28.1. The quantitative estimate of drug-likeness (QED) is 0.902. The fraction of sp³-hybridized carbons (Fsp3) is 0.412. The number of benzene rings is 1. The molecule has 2 N–H and O–H groups in total. The number of hydrogen-bond acceptors (Lipinski definition) is 4. The predicted molar refractivity (Wildman–Crippen MR) is 87.9 cm³/mol. The van der Waals surface area contributed by atoms with Crippen LogP contribution in [0.2, 0.25) is 0 Å². The standard InChI is InChI=1S/C17H20F2N4O/c1-10(14-12(18)6-5-7-13(14)19)15-11(2)16(24)21-17(20-15)22-23-8-3-4-9-23/h5-7,10H,3-4,8-9H2,1-2H3,(H2,20,21,22,24). The summed E-state index contributed by atoms with van der Waals surface area (Å²) in [5, 5.41) is 1.96. The second-order valence-electron chi connectivity index (χ2n) is 6.09. The molecular weight excluding hydrogens is 314 g/mol. The van der Waals surface area contributed by atoms with Gasteiger partial charge in [-0.25, -0.2) is 18.8 Å². The molecule has 1 aromatic heterocycles. The highest BCUT2D eigenvalue weighted by Gasteiger charge is 2.23. The molecule has 7 heteroatoms. The van der Waals surface area contributed by atoms with Gasteiger partial charge in [-0.1, -0.05) is 13.0 Å². The van der Waals surface area contributed by atoms with Crippen molar-refractivity contribution >= 4 is 5.95 Å². The number of hydrazine groups is 1. The number of aromatic amines is 1. The summed E-state index contributed by atoms with van der Waals surface area (Å²) in [4.78, 5) is 19.3. The van der Waals surface area contributed by atoms with E-state index in [1.165, 1.54) is 18.2 Å². The number of halogens is 2. The van der Waals surface area contributed by atoms with Crippen molar-refractivity contribution in [2.75, 3.05) is 18.5 Å². The molecule has 5 nitrogen and oxygen atoms in total. The summed E-state index contributed by atoms with van der Waals surface area (Å²) in [5.74, 6) is -1.66. The van der Waals surface area contributed by atoms with E-state index in [4.69, 9.17) is 0 Å². The van der Waals surface area contributed by atoms with Gasteiger partial charge in [0.15, 0.2) is 0 Å². The Labute approximate surface area is 138 Å². The Morgan fingerprint density at radius 1 is 1.25 bits per heavy atom. The van der Waals surface area contributed by atoms with Gasteiger partial charge in [0.2, 0.25) is 5.95 Å². The fourth-order valence-electron chi connectivity index (χ4n) is 3.06. The second-order valence-corrected chi connectivity index (χ2v) is 6.09. The molecule has 24 heavy (non-hydrogen) atoms. The predicted octanol–water partition coefficient (Wildman–Crippen LogP) is 2.93. The molecule has 0 amide bonds. The Morgan fingerprint density at radius 2 is 1.88 bits per heavy atom. The minimum Gasteiger partial charge on any atom is -0.291 e. The van der Waals surface area contributed by atoms with Gasteiger partial charge in [-0.2, -0.15) is 0 Å². The molecular formula is C17H20F2N4O. The van der Waals surface area contributed by atoms with Crippen molar-refractivity contribution < 1.29 is 8.78 Å². The van der Waals surface area contributed by atoms with E-state index in [1.807, 2.05) is 5.01 Å². The summed E-state index contributed by atoms with van der Waals surface area (Å²) >= 11 is 0. The number of hydrogen-bond donors (Lipinski definition) is 2. The van der Waals surface area contributed by atoms with Crippen molar-refractivity contribution in [3.63, 3.8) is 0 Å². The molecule has 0 saturated carbocycles. The molecule has 1 saturated heterocycles. The summed E-state index contributed by atoms with van der Waals surface area (Å²) in [6, 6.07) is 3.74. The third kappa shape index (κ3) is 3.17. The number of nitrogens with zero attached hydrogens (tertiary/aromatic N) is 2. The van der Waals surface area contributed by atoms with Crippen LogP contribution in [0.4, 0.5) is 14.7 Å². The molecule has 0 radical (unpaired) electrons. The van der Waals surface area contributed by atoms with E-state index < -0.39 is 17.6 Å². The van der Waals surface area contributed by atoms with E-state index >= 15 is 0 Å². The van der Waals surface area contributed by atoms with Crippen molar-refractivity contribution in [3.8, 4) is 0 Å². The van der Waals surface area contributed by atoms with Crippen LogP contribution in [0.15, 0.2) is 23.0 Å². The molecule has 1 unspecified atom stereocenters. The topological polar surface area (TPSA) is 61.0 Å². The largest absolute Gasteiger partial charge is 0.291 e. The average Bonchev–Trinajstić information content (AvgIpc) is 3.03. The molecule has 0 spiro atoms. The molecule has 1 fully saturated rings. The Morgan fingerprint density at radius 3 is 2.50 bits per heavy atom. The molecule has 1 aliphatic rings. The van der Waals surface area contributed by atoms with E-state index in [0.717, 1.165) is 25.9 Å². The van der Waals surface area contributed by atoms with Crippen LogP contribution in [-0.4, -0.2) is 28.1 Å². The van der Waals surface area contributed by atoms with Crippen LogP contribution in [0, 0.1) is 18.6 Å². The van der Waals surface area contributed by atoms with Crippen LogP contribution in [0.25, 0.3) is 0 Å². The monoisotopic (exact) mass is 334 g/mol. The van der Waals surface area contributed by atoms with Crippen molar-refractivity contribution in [1.29, 1.82) is 0 Å². The highest BCUT2D eigenvalue weighted by molar-refractivity contribution is 5.37. The molecule has 3 rings (SSSR count). The maximum Gasteiger partial charge on any atom is 0.255 e. The van der Waals surface area contributed by atoms with E-state index in [-0.39, 0.29) is 11.1 Å². The summed E-state index contributed by atoms with van der Waals surface area (Å²) in [6.45, 7) is 4.99. The molecule has 1 atom stereocenters. The zero-order valence-corrected chi connectivity index (χ0v) is 13.7. The lowest BCUT2D eigenvalue weighted by Gasteiger charge is -2.20. The highest BCUT2D eigenvalue weighted by atomic mass is 19.1. The Kier molecular flexibility index (Phi) is 4.62. The van der Waals surface area contributed by atoms with Gasteiger partial charge in [0.25, 0.3) is 5.56 Å². The molecule has 1 aliphatic heterocycles. The maximum atomic E-state index is 14.1. The van der Waals surface area contributed by atoms with Crippen LogP contribution in [0.3, 0.4) is 0 Å². The first-order valence-corrected chi connectivity index (χ1v) is 8.03. The van der Waals surface area contributed by atoms with Gasteiger partial charge in [0.1, 0.15) is 11.6 Å². The van der Waals surface area contributed by atoms with Crippen LogP contribution in [0.5, 0.6) is 0 Å². The average molecular weight is 334 g/mol. The van der Waals surface area contributed by atoms with Gasteiger partial charge in [-0.3, -0.25) is 15.2 Å². The fourth-order valence-corrected chi connectivity index (χ4v) is 3.06. The van der Waals surface area contributed by atoms with Crippen molar-refractivity contribution in [2.45, 2.75) is 32.6 Å². The van der Waals surface area contributed by atoms with Crippen molar-refractivity contribution in [1.82, 2.24) is 15.0 Å². The van der Waals surface area contributed by atoms with E-state index in [0.29, 0.717) is 17.2 Å². The van der Waals surface area contributed by atoms with Crippen molar-refractivity contribution in [2.24, 2.45) is 0 Å². The first kappa shape index (κ1) is 16.6. The number of anilines is 1. The van der Waals surface area contributed by atoms with Gasteiger partial charge in [-0.15, -0.1) is 0 Å². The Balaban J connectivity index is 1.99. The van der Waals surface area contributed by atoms with Crippen molar-refractivity contribution in [3.05, 3.63) is 57.0 Å². The number of rotatable bonds is 4. The van der Waals surface area contributed by atoms with Gasteiger partial charge in [0, 0.05) is 30.1 Å². The summed E-state index contributed by atoms with van der Waals surface area (Å²) in [6.07, 6.45) is 2.15. The van der Waals surface area contributed by atoms with E-state index in [1.54, 1.807) is 13.8 Å². The SMILES string of the molecule is Cc1c(C(C)c2c(F)cccc2F)nc(NN2CCCC2)[nH]c1=O. The lowest BCUT2D eigenvalue weighted by molar-refractivity contribution is 0.405. The minimum atomic E-state index is -0.673. The molecule has 0 bridgehead atoms. The van der Waals surface area contributed by atoms with Gasteiger partial charge in [0.05, 0.1) is 5.69 Å². The summed E-state index contributed by atoms with van der Waals surface area (Å²) in [7, 11) is 0. The zero-order valence-electron chi connectivity index (χ0n) is 13.7. The van der Waals surface area contributed by atoms with Gasteiger partial charge >= 0.3 is 0 Å². The second kappa shape index (κ2) is 6.68.